The van der Waals surface area contributed by atoms with Crippen LogP contribution in [-0.4, -0.2) is 103 Å². The fraction of sp³-hybridized carbons (Fsp3) is 0.667. The molecule has 2 aliphatic rings. The van der Waals surface area contributed by atoms with Crippen LogP contribution in [-0.2, 0) is 65.7 Å². The van der Waals surface area contributed by atoms with E-state index >= 15 is 0 Å². The number of carbonyl (C=O) groups is 6. The minimum absolute atomic E-state index is 0.887. The molecule has 0 aromatic rings. The van der Waals surface area contributed by atoms with Gasteiger partial charge in [0.05, 0.1) is 0 Å². The van der Waals surface area contributed by atoms with Crippen molar-refractivity contribution in [1.29, 1.82) is 0 Å². The molecular formula is C18H24Al2O15. The largest absolute Gasteiger partial charge is 1.20 e. The molecule has 2 rings (SSSR count). The van der Waals surface area contributed by atoms with Gasteiger partial charge in [0.15, 0.2) is 0 Å². The molecule has 6 atom stereocenters. The molecule has 0 N–H and O–H groups in total. The minimum Gasteiger partial charge on any atom is -0.549 e. The van der Waals surface area contributed by atoms with Gasteiger partial charge >= 0.3 is 66.1 Å². The van der Waals surface area contributed by atoms with Gasteiger partial charge in [-0.3, -0.25) is 28.8 Å². The smallest absolute Gasteiger partial charge is 0.549 e. The molecular weight excluding hydrogens is 510 g/mol. The van der Waals surface area contributed by atoms with E-state index < -0.39 is 103 Å². The molecule has 0 aliphatic carbocycles. The summed E-state index contributed by atoms with van der Waals surface area (Å²) in [5.41, 5.74) is 0. The Bertz CT molecular complexity index is 751. The molecule has 0 aromatic carbocycles. The van der Waals surface area contributed by atoms with Crippen molar-refractivity contribution in [2.24, 2.45) is 0 Å². The highest BCUT2D eigenvalue weighted by molar-refractivity contribution is 6.45. The van der Waals surface area contributed by atoms with Gasteiger partial charge in [-0.25, -0.2) is 0 Å². The Morgan fingerprint density at radius 1 is 0.629 bits per heavy atom. The molecule has 192 valence electrons. The summed E-state index contributed by atoms with van der Waals surface area (Å²) < 4.78 is 45.0. The standard InChI is InChI=1S/3C6H10O5.2Al/c3*1-3(5(7)8)11-4(2)6(9)10;;/h3*3-4H,1-2H3,(H,7,8)(H,9,10);;/q;;;2*+3/p-6. The van der Waals surface area contributed by atoms with Gasteiger partial charge < -0.3 is 36.9 Å². The fourth-order valence-corrected chi connectivity index (χ4v) is 5.12. The lowest BCUT2D eigenvalue weighted by atomic mass is 10.3. The van der Waals surface area contributed by atoms with Gasteiger partial charge in [0.1, 0.15) is 36.6 Å². The predicted molar refractivity (Wildman–Crippen MR) is 108 cm³/mol. The van der Waals surface area contributed by atoms with Crippen LogP contribution in [0.5, 0.6) is 0 Å². The third-order valence-electron chi connectivity index (χ3n) is 4.49. The summed E-state index contributed by atoms with van der Waals surface area (Å²) in [6, 6.07) is 0. The molecule has 0 amide bonds. The van der Waals surface area contributed by atoms with Crippen LogP contribution in [0.4, 0.5) is 0 Å². The van der Waals surface area contributed by atoms with Crippen LogP contribution in [0.25, 0.3) is 0 Å². The van der Waals surface area contributed by atoms with Gasteiger partial charge in [0.2, 0.25) is 0 Å². The lowest BCUT2D eigenvalue weighted by Crippen LogP contribution is -2.47. The molecule has 0 aromatic heterocycles. The van der Waals surface area contributed by atoms with Crippen LogP contribution >= 0.6 is 0 Å². The van der Waals surface area contributed by atoms with Crippen molar-refractivity contribution in [3.8, 4) is 0 Å². The summed E-state index contributed by atoms with van der Waals surface area (Å²) >= 11 is -7.18. The molecule has 0 radical (unpaired) electrons. The maximum atomic E-state index is 12.4. The van der Waals surface area contributed by atoms with E-state index in [0.29, 0.717) is 0 Å². The van der Waals surface area contributed by atoms with Crippen molar-refractivity contribution in [3.63, 3.8) is 0 Å². The van der Waals surface area contributed by atoms with Gasteiger partial charge in [-0.1, -0.05) is 0 Å². The first-order chi connectivity index (χ1) is 16.3. The van der Waals surface area contributed by atoms with Crippen molar-refractivity contribution in [3.05, 3.63) is 0 Å². The normalized spacial score (nSPS) is 27.5. The second-order valence-corrected chi connectivity index (χ2v) is 10.0. The van der Waals surface area contributed by atoms with Crippen LogP contribution in [0.1, 0.15) is 41.5 Å². The summed E-state index contributed by atoms with van der Waals surface area (Å²) in [6.45, 7) is 7.85. The third kappa shape index (κ3) is 8.43. The Balaban J connectivity index is 1.93. The number of carbonyl (C=O) groups excluding carboxylic acids is 6. The Morgan fingerprint density at radius 3 is 1.14 bits per heavy atom. The number of hydrogen-bond donors (Lipinski definition) is 0. The van der Waals surface area contributed by atoms with Crippen molar-refractivity contribution < 1.29 is 65.7 Å². The molecule has 0 spiro atoms. The van der Waals surface area contributed by atoms with Crippen LogP contribution in [0.15, 0.2) is 0 Å². The number of ether oxygens (including phenoxy) is 3. The maximum absolute atomic E-state index is 12.4. The Labute approximate surface area is 209 Å². The third-order valence-corrected chi connectivity index (χ3v) is 7.04. The molecule has 2 fully saturated rings. The molecule has 0 saturated carbocycles. The average Bonchev–Trinajstić information content (AvgIpc) is 2.76. The fourth-order valence-electron chi connectivity index (χ4n) is 2.54. The predicted octanol–water partition coefficient (Wildman–Crippen LogP) is -1.38. The van der Waals surface area contributed by atoms with Crippen molar-refractivity contribution >= 4 is 66.1 Å². The van der Waals surface area contributed by atoms with Crippen molar-refractivity contribution in [1.82, 2.24) is 0 Å². The average molecular weight is 534 g/mol. The second kappa shape index (κ2) is 12.6. The van der Waals surface area contributed by atoms with E-state index in [9.17, 15) is 28.8 Å². The molecule has 2 saturated heterocycles. The Hall–Kier alpha value is -2.24. The monoisotopic (exact) mass is 534 g/mol. The molecule has 15 nitrogen and oxygen atoms in total. The van der Waals surface area contributed by atoms with E-state index in [1.165, 1.54) is 41.5 Å². The lowest BCUT2D eigenvalue weighted by Gasteiger charge is -2.25. The molecule has 6 unspecified atom stereocenters. The van der Waals surface area contributed by atoms with Gasteiger partial charge in [-0.2, -0.15) is 0 Å². The topological polar surface area (TPSA) is 185 Å². The van der Waals surface area contributed by atoms with E-state index in [1.807, 2.05) is 0 Å². The molecule has 2 aliphatic heterocycles. The molecule has 17 heteroatoms. The molecule has 0 bridgehead atoms. The highest BCUT2D eigenvalue weighted by Crippen LogP contribution is 2.13. The van der Waals surface area contributed by atoms with Gasteiger partial charge in [-0.05, 0) is 41.5 Å². The SMILES string of the molecule is CC1OC(C)C(=O)[O][Al]([O]C(=O)C(C)OC(C)C(=O)[O][Al]2[O]C(=O)C(C)OC(C)C(=O)[O]2)[O]C1=O. The Kier molecular flexibility index (Phi) is 10.5. The van der Waals surface area contributed by atoms with E-state index in [4.69, 9.17) is 36.9 Å². The van der Waals surface area contributed by atoms with Gasteiger partial charge in [0, 0.05) is 0 Å². The number of rotatable bonds is 6. The lowest BCUT2D eigenvalue weighted by molar-refractivity contribution is -0.174. The Morgan fingerprint density at radius 2 is 0.886 bits per heavy atom. The molecule has 35 heavy (non-hydrogen) atoms. The van der Waals surface area contributed by atoms with Crippen LogP contribution in [0.2, 0.25) is 0 Å². The highest BCUT2D eigenvalue weighted by Gasteiger charge is 2.54. The van der Waals surface area contributed by atoms with E-state index in [2.05, 4.69) is 0 Å². The van der Waals surface area contributed by atoms with E-state index in [-0.39, 0.29) is 0 Å². The van der Waals surface area contributed by atoms with Crippen LogP contribution < -0.4 is 0 Å². The zero-order valence-electron chi connectivity index (χ0n) is 19.7. The summed E-state index contributed by atoms with van der Waals surface area (Å²) in [5, 5.41) is 0. The maximum Gasteiger partial charge on any atom is 1.20 e. The number of hydrogen-bond acceptors (Lipinski definition) is 15. The highest BCUT2D eigenvalue weighted by atomic mass is 27.3. The van der Waals surface area contributed by atoms with Crippen molar-refractivity contribution in [2.75, 3.05) is 0 Å². The van der Waals surface area contributed by atoms with Gasteiger partial charge in [0.25, 0.3) is 0 Å². The first-order valence-corrected chi connectivity index (χ1v) is 13.3. The summed E-state index contributed by atoms with van der Waals surface area (Å²) in [7, 11) is 0. The van der Waals surface area contributed by atoms with Crippen LogP contribution in [0, 0.1) is 0 Å². The molecule has 2 heterocycles. The quantitative estimate of drug-likeness (QED) is 0.363. The summed E-state index contributed by atoms with van der Waals surface area (Å²) in [5.74, 6) is -5.74. The van der Waals surface area contributed by atoms with E-state index in [1.54, 1.807) is 0 Å². The zero-order chi connectivity index (χ0) is 26.4. The van der Waals surface area contributed by atoms with Crippen molar-refractivity contribution in [2.45, 2.75) is 78.2 Å². The summed E-state index contributed by atoms with van der Waals surface area (Å²) in [6.07, 6.45) is -7.17. The summed E-state index contributed by atoms with van der Waals surface area (Å²) in [4.78, 5) is 72.3. The van der Waals surface area contributed by atoms with Crippen LogP contribution in [0.3, 0.4) is 0 Å². The first-order valence-electron chi connectivity index (χ1n) is 10.5. The second-order valence-electron chi connectivity index (χ2n) is 7.46. The van der Waals surface area contributed by atoms with Gasteiger partial charge in [-0.15, -0.1) is 0 Å². The van der Waals surface area contributed by atoms with E-state index in [0.717, 1.165) is 0 Å². The zero-order valence-corrected chi connectivity index (χ0v) is 22.1. The minimum atomic E-state index is -3.59. The first kappa shape index (κ1) is 29.0.